The zero-order chi connectivity index (χ0) is 7.00. The van der Waals surface area contributed by atoms with Gasteiger partial charge in [0.25, 0.3) is 0 Å². The van der Waals surface area contributed by atoms with Crippen LogP contribution in [0.25, 0.3) is 0 Å². The molecule has 0 radical (unpaired) electrons. The second-order valence-electron chi connectivity index (χ2n) is 1.13. The number of hydrogen-bond acceptors (Lipinski definition) is 3. The molecule has 0 aromatic heterocycles. The molecule has 3 N–H and O–H groups in total. The van der Waals surface area contributed by atoms with Gasteiger partial charge in [0.2, 0.25) is 0 Å². The first kappa shape index (κ1) is 8.10. The number of hydrogen-bond donors (Lipinski definition) is 3. The fraction of sp³-hybridized carbons (Fsp3) is 1.00. The molecule has 0 aromatic carbocycles. The van der Waals surface area contributed by atoms with Crippen LogP contribution in [0.3, 0.4) is 0 Å². The zero-order valence-electron chi connectivity index (χ0n) is 3.48. The Bertz CT molecular complexity index is 69.5. The van der Waals surface area contributed by atoms with Gasteiger partial charge in [0.15, 0.2) is 0 Å². The Morgan fingerprint density at radius 1 is 1.00 bits per heavy atom. The van der Waals surface area contributed by atoms with Crippen molar-refractivity contribution in [3.63, 3.8) is 0 Å². The van der Waals surface area contributed by atoms with Crippen LogP contribution >= 0.6 is 7.94 Å². The minimum absolute atomic E-state index is 5.26. The van der Waals surface area contributed by atoms with Crippen molar-refractivity contribution in [2.75, 3.05) is 0 Å². The Morgan fingerprint density at radius 3 is 1.12 bits per heavy atom. The van der Waals surface area contributed by atoms with Gasteiger partial charge in [0.1, 0.15) is 0 Å². The number of halogens is 3. The van der Waals surface area contributed by atoms with Gasteiger partial charge in [0.05, 0.1) is 0 Å². The first-order valence-electron chi connectivity index (χ1n) is 1.49. The first-order valence-corrected chi connectivity index (χ1v) is 3.33. The van der Waals surface area contributed by atoms with Gasteiger partial charge in [-0.15, -0.1) is 0 Å². The number of rotatable bonds is 0. The standard InChI is InChI=1S/CH4F3O3P/c2-1(3,4)8(5,6)7/h5-8H. The van der Waals surface area contributed by atoms with E-state index in [1.54, 1.807) is 0 Å². The van der Waals surface area contributed by atoms with Gasteiger partial charge in [-0.2, -0.15) is 0 Å². The normalized spacial score (nSPS) is 16.2. The molecule has 0 heterocycles. The summed E-state index contributed by atoms with van der Waals surface area (Å²) in [6, 6.07) is 0. The van der Waals surface area contributed by atoms with E-state index in [0.29, 0.717) is 0 Å². The molecular formula is CH4F3O3P. The summed E-state index contributed by atoms with van der Waals surface area (Å²) in [6.07, 6.45) is 0. The molecule has 0 aliphatic carbocycles. The predicted octanol–water partition coefficient (Wildman–Crippen LogP) is -0.0220. The summed E-state index contributed by atoms with van der Waals surface area (Å²) in [6.45, 7) is 0. The molecule has 0 saturated heterocycles. The predicted molar refractivity (Wildman–Crippen MR) is 21.0 cm³/mol. The van der Waals surface area contributed by atoms with Crippen molar-refractivity contribution < 1.29 is 27.9 Å². The summed E-state index contributed by atoms with van der Waals surface area (Å²) >= 11 is 0. The molecule has 0 bridgehead atoms. The Kier molecular flexibility index (Phi) is 1.83. The zero-order valence-corrected chi connectivity index (χ0v) is 4.48. The van der Waals surface area contributed by atoms with E-state index in [0.717, 1.165) is 0 Å². The van der Waals surface area contributed by atoms with Gasteiger partial charge in [-0.05, 0) is 0 Å². The van der Waals surface area contributed by atoms with Crippen LogP contribution in [-0.2, 0) is 0 Å². The molecule has 0 rings (SSSR count). The van der Waals surface area contributed by atoms with E-state index in [4.69, 9.17) is 14.7 Å². The third kappa shape index (κ3) is 1.92. The van der Waals surface area contributed by atoms with E-state index in [-0.39, 0.29) is 0 Å². The van der Waals surface area contributed by atoms with Crippen molar-refractivity contribution in [3.8, 4) is 0 Å². The SMILES string of the molecule is O[PH](O)(O)C(F)(F)F. The van der Waals surface area contributed by atoms with Crippen molar-refractivity contribution in [3.05, 3.63) is 0 Å². The van der Waals surface area contributed by atoms with Gasteiger partial charge in [0, 0.05) is 0 Å². The van der Waals surface area contributed by atoms with Crippen LogP contribution in [0.4, 0.5) is 13.2 Å². The van der Waals surface area contributed by atoms with Gasteiger partial charge in [-0.3, -0.25) is 0 Å². The number of alkyl halides is 3. The molecule has 8 heavy (non-hydrogen) atoms. The molecule has 0 amide bonds. The molecule has 3 nitrogen and oxygen atoms in total. The molecule has 0 atom stereocenters. The van der Waals surface area contributed by atoms with Crippen molar-refractivity contribution in [2.45, 2.75) is 5.92 Å². The summed E-state index contributed by atoms with van der Waals surface area (Å²) in [5, 5.41) is 0. The summed E-state index contributed by atoms with van der Waals surface area (Å²) in [5.74, 6) is -5.26. The summed E-state index contributed by atoms with van der Waals surface area (Å²) in [7, 11) is -5.86. The summed E-state index contributed by atoms with van der Waals surface area (Å²) in [4.78, 5) is 22.4. The van der Waals surface area contributed by atoms with Crippen molar-refractivity contribution in [1.82, 2.24) is 0 Å². The molecule has 52 valence electrons. The Hall–Kier alpha value is 0.100. The third-order valence-electron chi connectivity index (χ3n) is 0.380. The fourth-order valence-corrected chi connectivity index (χ4v) is 0. The average Bonchev–Trinajstić information content (AvgIpc) is 1.25. The molecule has 0 saturated carbocycles. The van der Waals surface area contributed by atoms with Crippen LogP contribution in [0.5, 0.6) is 0 Å². The Morgan fingerprint density at radius 2 is 1.12 bits per heavy atom. The molecule has 0 unspecified atom stereocenters. The van der Waals surface area contributed by atoms with E-state index in [2.05, 4.69) is 0 Å². The van der Waals surface area contributed by atoms with Crippen LogP contribution in [0.15, 0.2) is 0 Å². The molecule has 0 spiro atoms. The van der Waals surface area contributed by atoms with Crippen LogP contribution < -0.4 is 0 Å². The molecule has 0 aliphatic rings. The topological polar surface area (TPSA) is 60.7 Å². The van der Waals surface area contributed by atoms with E-state index in [1.165, 1.54) is 0 Å². The van der Waals surface area contributed by atoms with Crippen LogP contribution in [0, 0.1) is 0 Å². The fourth-order valence-electron chi connectivity index (χ4n) is 0. The van der Waals surface area contributed by atoms with E-state index >= 15 is 0 Å². The molecule has 0 aromatic rings. The monoisotopic (exact) mass is 152 g/mol. The quantitative estimate of drug-likeness (QED) is 0.427. The molecule has 0 aliphatic heterocycles. The van der Waals surface area contributed by atoms with Crippen molar-refractivity contribution >= 4 is 7.94 Å². The van der Waals surface area contributed by atoms with Crippen molar-refractivity contribution in [2.24, 2.45) is 0 Å². The van der Waals surface area contributed by atoms with Crippen LogP contribution in [-0.4, -0.2) is 20.6 Å². The second kappa shape index (κ2) is 1.80. The maximum atomic E-state index is 10.9. The minimum atomic E-state index is -5.86. The first-order chi connectivity index (χ1) is 3.25. The van der Waals surface area contributed by atoms with Gasteiger partial charge < -0.3 is 0 Å². The van der Waals surface area contributed by atoms with Gasteiger partial charge in [-0.25, -0.2) is 0 Å². The Balaban J connectivity index is 4.02. The van der Waals surface area contributed by atoms with E-state index in [1.807, 2.05) is 0 Å². The summed E-state index contributed by atoms with van der Waals surface area (Å²) < 4.78 is 32.6. The summed E-state index contributed by atoms with van der Waals surface area (Å²) in [5.41, 5.74) is 0. The van der Waals surface area contributed by atoms with Crippen molar-refractivity contribution in [1.29, 1.82) is 0 Å². The van der Waals surface area contributed by atoms with E-state index in [9.17, 15) is 13.2 Å². The van der Waals surface area contributed by atoms with Crippen LogP contribution in [0.2, 0.25) is 0 Å². The molecule has 0 fully saturated rings. The third-order valence-corrected chi connectivity index (χ3v) is 1.14. The molecule has 7 heteroatoms. The second-order valence-corrected chi connectivity index (χ2v) is 2.97. The van der Waals surface area contributed by atoms with Crippen LogP contribution in [0.1, 0.15) is 0 Å². The average molecular weight is 152 g/mol. The Labute approximate surface area is 43.0 Å². The van der Waals surface area contributed by atoms with Gasteiger partial charge >= 0.3 is 41.7 Å². The van der Waals surface area contributed by atoms with Gasteiger partial charge in [-0.1, -0.05) is 0 Å². The molecular weight excluding hydrogens is 148 g/mol. The maximum absolute atomic E-state index is 10.9. The van der Waals surface area contributed by atoms with E-state index < -0.39 is 13.9 Å².